The van der Waals surface area contributed by atoms with Crippen molar-refractivity contribution in [3.63, 3.8) is 0 Å². The van der Waals surface area contributed by atoms with Crippen LogP contribution >= 0.6 is 12.0 Å². The summed E-state index contributed by atoms with van der Waals surface area (Å²) in [5.74, 6) is -0.351. The fourth-order valence-corrected chi connectivity index (χ4v) is 12.0. The predicted octanol–water partition coefficient (Wildman–Crippen LogP) is -5.44. The van der Waals surface area contributed by atoms with Crippen LogP contribution in [-0.2, 0) is 60.7 Å². The Kier molecular flexibility index (Phi) is 24.8. The van der Waals surface area contributed by atoms with E-state index in [2.05, 4.69) is 9.37 Å². The first-order valence-corrected chi connectivity index (χ1v) is 28.6. The van der Waals surface area contributed by atoms with Crippen LogP contribution in [0.4, 0.5) is 11.4 Å². The minimum absolute atomic E-state index is 0. The van der Waals surface area contributed by atoms with Crippen molar-refractivity contribution in [2.75, 3.05) is 29.5 Å². The van der Waals surface area contributed by atoms with E-state index in [-0.39, 0.29) is 155 Å². The number of unbranched alkanes of at least 4 members (excludes halogenated alkanes) is 2. The number of fused-ring (bicyclic) bond motifs is 3. The first kappa shape index (κ1) is 67.5. The van der Waals surface area contributed by atoms with Crippen LogP contribution in [0.1, 0.15) is 77.3 Å². The quantitative estimate of drug-likeness (QED) is 0.0164. The van der Waals surface area contributed by atoms with Crippen LogP contribution in [0.25, 0.3) is 10.8 Å². The van der Waals surface area contributed by atoms with E-state index >= 15 is 0 Å². The fraction of sp³-hybridized carbons (Fsp3) is 0.340. The summed E-state index contributed by atoms with van der Waals surface area (Å²) in [6.07, 6.45) is 9.28. The van der Waals surface area contributed by atoms with Crippen molar-refractivity contribution in [2.45, 2.75) is 91.7 Å². The van der Waals surface area contributed by atoms with Gasteiger partial charge in [0.05, 0.1) is 43.1 Å². The third-order valence-electron chi connectivity index (χ3n) is 12.7. The number of hydrogen-bond acceptors (Lipinski definition) is 17. The van der Waals surface area contributed by atoms with Crippen molar-refractivity contribution in [3.8, 4) is 5.75 Å². The van der Waals surface area contributed by atoms with E-state index in [9.17, 15) is 57.1 Å². The molecule has 18 nitrogen and oxygen atoms in total. The van der Waals surface area contributed by atoms with Crippen LogP contribution in [0, 0.1) is 0 Å². The standard InChI is InChI=1S/C47H52N2O16S5.4Na/c1-46(2)37-29-33(66-65-64-50)19-21-39(37)48(25-5-7-27-67(51,52)53)43(46)23-17-31-15-16-32(45(31)63-41-13-9-12-36-35(41)11-10-14-42(36)70(60,61)62)18-24-44-47(3,4)38-30-34(69(57,58)59)20-22-40(38)49(44)26-6-8-28-68(54,55)56;;;;/h9-14,17-24,29-30H,5-8,15-16,25-28H2,1-4H3,(H4-,50,51,52,53,54,55,56,57,58,59,60,61,62);;;;/q;4*+1/p-3. The summed E-state index contributed by atoms with van der Waals surface area (Å²) in [4.78, 5) is 1.63. The van der Waals surface area contributed by atoms with E-state index in [1.54, 1.807) is 24.3 Å². The Morgan fingerprint density at radius 3 is 2.05 bits per heavy atom. The molecule has 0 amide bonds. The smallest absolute Gasteiger partial charge is 0.748 e. The largest absolute Gasteiger partial charge is 1.00 e. The molecule has 74 heavy (non-hydrogen) atoms. The van der Waals surface area contributed by atoms with E-state index < -0.39 is 72.6 Å². The normalized spacial score (nSPS) is 17.3. The molecule has 2 aliphatic heterocycles. The van der Waals surface area contributed by atoms with Crippen LogP contribution in [0.5, 0.6) is 5.75 Å². The molecule has 0 spiro atoms. The van der Waals surface area contributed by atoms with E-state index in [1.807, 2.05) is 73.6 Å². The molecule has 3 aliphatic rings. The van der Waals surface area contributed by atoms with E-state index in [1.165, 1.54) is 36.4 Å². The number of benzene rings is 4. The molecule has 0 unspecified atom stereocenters. The number of hydrogen-bond donors (Lipinski definition) is 1. The Morgan fingerprint density at radius 2 is 1.41 bits per heavy atom. The van der Waals surface area contributed by atoms with Gasteiger partial charge in [-0.1, -0.05) is 44.2 Å². The van der Waals surface area contributed by atoms with Crippen LogP contribution in [-0.4, -0.2) is 86.8 Å². The van der Waals surface area contributed by atoms with Gasteiger partial charge in [0.1, 0.15) is 38.3 Å². The van der Waals surface area contributed by atoms with Crippen molar-refractivity contribution in [1.29, 1.82) is 0 Å². The molecule has 4 aromatic carbocycles. The zero-order valence-electron chi connectivity index (χ0n) is 42.3. The van der Waals surface area contributed by atoms with Crippen LogP contribution in [0.15, 0.2) is 134 Å². The Balaban J connectivity index is 0.00000361. The zero-order valence-corrected chi connectivity index (χ0v) is 54.4. The van der Waals surface area contributed by atoms with Gasteiger partial charge in [0.2, 0.25) is 5.69 Å². The molecule has 27 heteroatoms. The third-order valence-corrected chi connectivity index (χ3v) is 16.6. The van der Waals surface area contributed by atoms with E-state index in [0.29, 0.717) is 69.9 Å². The summed E-state index contributed by atoms with van der Waals surface area (Å²) >= 11 is 0.735. The van der Waals surface area contributed by atoms with Gasteiger partial charge in [-0.3, -0.25) is 9.59 Å². The molecule has 1 aliphatic carbocycles. The molecule has 7 rings (SSSR count). The Labute approximate surface area is 525 Å². The SMILES string of the molecule is CC1(C)C(C=CC2=C(Oc3cccc4c(S(=O)(=O)[O-])cccc34)C(=C/C=C3/N(CCCCS(=O)(=O)[O-])c4ccc(S(=O)(=O)[O-])cc4C3(C)C)CC2)=[N+](CCCCS(=O)(=O)O)c2ccc(SOO[O-])cc21.[Na+].[Na+].[Na+].[Na+]. The van der Waals surface area contributed by atoms with Gasteiger partial charge in [0.25, 0.3) is 10.1 Å². The van der Waals surface area contributed by atoms with Gasteiger partial charge in [0, 0.05) is 68.9 Å². The Morgan fingerprint density at radius 1 is 0.730 bits per heavy atom. The topological polar surface area (TPSA) is 283 Å². The number of anilines is 1. The average molecular weight is 1150 g/mol. The molecule has 0 aromatic heterocycles. The molecule has 0 saturated heterocycles. The second-order valence-electron chi connectivity index (χ2n) is 18.0. The van der Waals surface area contributed by atoms with Crippen molar-refractivity contribution >= 4 is 80.4 Å². The monoisotopic (exact) mass is 1150 g/mol. The number of nitrogens with zero attached hydrogens (tertiary/aromatic N) is 2. The van der Waals surface area contributed by atoms with Crippen LogP contribution in [0.3, 0.4) is 0 Å². The van der Waals surface area contributed by atoms with E-state index in [0.717, 1.165) is 29.0 Å². The van der Waals surface area contributed by atoms with Crippen LogP contribution in [0.2, 0.25) is 0 Å². The van der Waals surface area contributed by atoms with Gasteiger partial charge in [-0.15, -0.1) is 0 Å². The molecule has 0 saturated carbocycles. The first-order valence-electron chi connectivity index (χ1n) is 21.9. The maximum Gasteiger partial charge on any atom is 1.00 e. The Bertz CT molecular complexity index is 3380. The summed E-state index contributed by atoms with van der Waals surface area (Å²) in [6, 6.07) is 18.5. The van der Waals surface area contributed by atoms with Gasteiger partial charge in [-0.05, 0) is 117 Å². The summed E-state index contributed by atoms with van der Waals surface area (Å²) in [5.41, 5.74) is 4.08. The van der Waals surface area contributed by atoms with Crippen molar-refractivity contribution in [1.82, 2.24) is 0 Å². The van der Waals surface area contributed by atoms with Gasteiger partial charge >= 0.3 is 118 Å². The number of rotatable bonds is 20. The molecule has 2 heterocycles. The maximum atomic E-state index is 12.3. The molecular weight excluding hydrogens is 1100 g/mol. The molecule has 4 aromatic rings. The van der Waals surface area contributed by atoms with Crippen LogP contribution < -0.4 is 133 Å². The Hall–Kier alpha value is -0.760. The van der Waals surface area contributed by atoms with Gasteiger partial charge in [0.15, 0.2) is 5.71 Å². The molecule has 0 radical (unpaired) electrons. The minimum Gasteiger partial charge on any atom is -0.748 e. The summed E-state index contributed by atoms with van der Waals surface area (Å²) in [6.45, 7) is 8.31. The number of ether oxygens (including phenoxy) is 1. The molecule has 0 atom stereocenters. The van der Waals surface area contributed by atoms with Gasteiger partial charge < -0.3 is 28.6 Å². The molecular formula is C47H49N2Na4O16S5+. The number of allylic oxidation sites excluding steroid dienone is 7. The summed E-state index contributed by atoms with van der Waals surface area (Å²) in [7, 11) is -18.4. The fourth-order valence-electron chi connectivity index (χ4n) is 9.33. The molecule has 376 valence electrons. The van der Waals surface area contributed by atoms with Gasteiger partial charge in [-0.2, -0.15) is 17.3 Å². The average Bonchev–Trinajstić information content (AvgIpc) is 3.82. The second-order valence-corrected chi connectivity index (χ2v) is 24.6. The minimum atomic E-state index is -4.89. The van der Waals surface area contributed by atoms with E-state index in [4.69, 9.17) is 4.74 Å². The predicted molar refractivity (Wildman–Crippen MR) is 256 cm³/mol. The zero-order chi connectivity index (χ0) is 51.0. The second kappa shape index (κ2) is 27.1. The molecule has 1 N–H and O–H groups in total. The molecule has 0 bridgehead atoms. The van der Waals surface area contributed by atoms with Gasteiger partial charge in [-0.25, -0.2) is 25.3 Å². The maximum absolute atomic E-state index is 12.3. The third kappa shape index (κ3) is 16.0. The van der Waals surface area contributed by atoms with Crippen molar-refractivity contribution in [3.05, 3.63) is 131 Å². The summed E-state index contributed by atoms with van der Waals surface area (Å²) < 4.78 is 154. The molecule has 0 fully saturated rings. The van der Waals surface area contributed by atoms with Crippen molar-refractivity contribution < 1.29 is 194 Å². The first-order chi connectivity index (χ1) is 32.7. The summed E-state index contributed by atoms with van der Waals surface area (Å²) in [5, 5.41) is 14.7. The van der Waals surface area contributed by atoms with Crippen molar-refractivity contribution in [2.24, 2.45) is 0 Å².